The topological polar surface area (TPSA) is 78.5 Å². The van der Waals surface area contributed by atoms with Crippen molar-refractivity contribution >= 4 is 17.7 Å². The molecular weight excluding hydrogens is 337 g/mol. The van der Waals surface area contributed by atoms with Crippen LogP contribution in [0.15, 0.2) is 24.3 Å². The molecule has 1 aliphatic heterocycles. The van der Waals surface area contributed by atoms with Crippen LogP contribution in [0, 0.1) is 11.7 Å². The fourth-order valence-corrected chi connectivity index (χ4v) is 3.38. The summed E-state index contributed by atoms with van der Waals surface area (Å²) in [5.74, 6) is -0.670. The molecule has 7 heteroatoms. The Labute approximate surface area is 152 Å². The molecule has 1 aromatic rings. The molecule has 0 spiro atoms. The second kappa shape index (κ2) is 8.29. The van der Waals surface area contributed by atoms with Crippen molar-refractivity contribution in [3.63, 3.8) is 0 Å². The van der Waals surface area contributed by atoms with E-state index in [0.29, 0.717) is 18.5 Å². The molecule has 0 aromatic heterocycles. The SMILES string of the molecule is O=C(NCCNC(=O)[C@@H]1CCCN1C(=O)C1CCC1)c1ccc(F)cc1. The Balaban J connectivity index is 1.41. The molecular formula is C19H24FN3O3. The minimum Gasteiger partial charge on any atom is -0.353 e. The van der Waals surface area contributed by atoms with Crippen LogP contribution in [0.4, 0.5) is 4.39 Å². The Hall–Kier alpha value is -2.44. The molecule has 0 radical (unpaired) electrons. The summed E-state index contributed by atoms with van der Waals surface area (Å²) < 4.78 is 12.9. The standard InChI is InChI=1S/C19H24FN3O3/c20-15-8-6-13(7-9-15)17(24)21-10-11-22-18(25)16-5-2-12-23(16)19(26)14-3-1-4-14/h6-9,14,16H,1-5,10-12H2,(H,21,24)(H,22,25)/t16-/m0/s1. The van der Waals surface area contributed by atoms with Gasteiger partial charge in [0.1, 0.15) is 11.9 Å². The van der Waals surface area contributed by atoms with E-state index in [2.05, 4.69) is 10.6 Å². The van der Waals surface area contributed by atoms with Gasteiger partial charge in [0.25, 0.3) is 5.91 Å². The lowest BCUT2D eigenvalue weighted by molar-refractivity contribution is -0.143. The molecule has 1 aliphatic carbocycles. The van der Waals surface area contributed by atoms with Gasteiger partial charge in [-0.2, -0.15) is 0 Å². The molecule has 2 aliphatic rings. The molecule has 0 unspecified atom stereocenters. The van der Waals surface area contributed by atoms with Gasteiger partial charge in [-0.25, -0.2) is 4.39 Å². The maximum atomic E-state index is 12.9. The molecule has 1 heterocycles. The quantitative estimate of drug-likeness (QED) is 0.753. The number of amides is 3. The Morgan fingerprint density at radius 2 is 1.69 bits per heavy atom. The van der Waals surface area contributed by atoms with Gasteiger partial charge in [-0.3, -0.25) is 14.4 Å². The van der Waals surface area contributed by atoms with E-state index >= 15 is 0 Å². The lowest BCUT2D eigenvalue weighted by Gasteiger charge is -2.32. The van der Waals surface area contributed by atoms with Gasteiger partial charge in [-0.05, 0) is 49.9 Å². The first kappa shape index (κ1) is 18.4. The zero-order chi connectivity index (χ0) is 18.5. The first-order valence-corrected chi connectivity index (χ1v) is 9.18. The number of hydrogen-bond donors (Lipinski definition) is 2. The molecule has 6 nitrogen and oxygen atoms in total. The number of benzene rings is 1. The number of rotatable bonds is 6. The normalized spacial score (nSPS) is 19.7. The van der Waals surface area contributed by atoms with Crippen LogP contribution >= 0.6 is 0 Å². The number of nitrogens with zero attached hydrogens (tertiary/aromatic N) is 1. The summed E-state index contributed by atoms with van der Waals surface area (Å²) in [5, 5.41) is 5.47. The molecule has 3 amide bonds. The smallest absolute Gasteiger partial charge is 0.251 e. The summed E-state index contributed by atoms with van der Waals surface area (Å²) in [6, 6.07) is 4.88. The summed E-state index contributed by atoms with van der Waals surface area (Å²) in [6.45, 7) is 1.20. The second-order valence-corrected chi connectivity index (χ2v) is 6.87. The van der Waals surface area contributed by atoms with Gasteiger partial charge < -0.3 is 15.5 Å². The van der Waals surface area contributed by atoms with Crippen molar-refractivity contribution in [2.75, 3.05) is 19.6 Å². The molecule has 26 heavy (non-hydrogen) atoms. The van der Waals surface area contributed by atoms with E-state index < -0.39 is 11.9 Å². The molecule has 3 rings (SSSR count). The van der Waals surface area contributed by atoms with Crippen molar-refractivity contribution in [2.24, 2.45) is 5.92 Å². The molecule has 2 fully saturated rings. The lowest BCUT2D eigenvalue weighted by atomic mass is 9.84. The molecule has 0 bridgehead atoms. The van der Waals surface area contributed by atoms with Gasteiger partial charge in [-0.1, -0.05) is 6.42 Å². The Morgan fingerprint density at radius 1 is 1.00 bits per heavy atom. The van der Waals surface area contributed by atoms with Crippen LogP contribution in [-0.2, 0) is 9.59 Å². The van der Waals surface area contributed by atoms with Crippen LogP contribution in [0.1, 0.15) is 42.5 Å². The summed E-state index contributed by atoms with van der Waals surface area (Å²) in [6.07, 6.45) is 4.48. The van der Waals surface area contributed by atoms with Crippen molar-refractivity contribution < 1.29 is 18.8 Å². The highest BCUT2D eigenvalue weighted by Crippen LogP contribution is 2.31. The number of nitrogens with one attached hydrogen (secondary N) is 2. The van der Waals surface area contributed by atoms with Crippen molar-refractivity contribution in [3.05, 3.63) is 35.6 Å². The average Bonchev–Trinajstić information content (AvgIpc) is 3.07. The molecule has 1 atom stereocenters. The zero-order valence-corrected chi connectivity index (χ0v) is 14.7. The molecule has 2 N–H and O–H groups in total. The maximum Gasteiger partial charge on any atom is 0.251 e. The summed E-state index contributed by atoms with van der Waals surface area (Å²) in [5.41, 5.74) is 0.366. The van der Waals surface area contributed by atoms with Gasteiger partial charge in [0.15, 0.2) is 0 Å². The van der Waals surface area contributed by atoms with E-state index in [1.54, 1.807) is 4.90 Å². The third kappa shape index (κ3) is 4.20. The van der Waals surface area contributed by atoms with E-state index in [9.17, 15) is 18.8 Å². The van der Waals surface area contributed by atoms with E-state index in [1.165, 1.54) is 24.3 Å². The predicted octanol–water partition coefficient (Wildman–Crippen LogP) is 1.46. The van der Waals surface area contributed by atoms with Crippen LogP contribution in [-0.4, -0.2) is 48.3 Å². The Morgan fingerprint density at radius 3 is 2.35 bits per heavy atom. The summed E-state index contributed by atoms with van der Waals surface area (Å²) in [7, 11) is 0. The number of likely N-dealkylation sites (tertiary alicyclic amines) is 1. The average molecular weight is 361 g/mol. The van der Waals surface area contributed by atoms with Crippen molar-refractivity contribution in [1.82, 2.24) is 15.5 Å². The van der Waals surface area contributed by atoms with Crippen LogP contribution in [0.5, 0.6) is 0 Å². The number of carbonyl (C=O) groups is 3. The third-order valence-electron chi connectivity index (χ3n) is 5.11. The number of carbonyl (C=O) groups excluding carboxylic acids is 3. The monoisotopic (exact) mass is 361 g/mol. The fourth-order valence-electron chi connectivity index (χ4n) is 3.38. The lowest BCUT2D eigenvalue weighted by Crippen LogP contribution is -2.49. The minimum atomic E-state index is -0.397. The first-order chi connectivity index (χ1) is 12.6. The van der Waals surface area contributed by atoms with E-state index in [1.807, 2.05) is 0 Å². The zero-order valence-electron chi connectivity index (χ0n) is 14.7. The number of hydrogen-bond acceptors (Lipinski definition) is 3. The van der Waals surface area contributed by atoms with Crippen molar-refractivity contribution in [2.45, 2.75) is 38.1 Å². The first-order valence-electron chi connectivity index (χ1n) is 9.18. The van der Waals surface area contributed by atoms with Gasteiger partial charge >= 0.3 is 0 Å². The Kier molecular flexibility index (Phi) is 5.85. The second-order valence-electron chi connectivity index (χ2n) is 6.87. The van der Waals surface area contributed by atoms with Crippen molar-refractivity contribution in [1.29, 1.82) is 0 Å². The maximum absolute atomic E-state index is 12.9. The third-order valence-corrected chi connectivity index (χ3v) is 5.11. The van der Waals surface area contributed by atoms with Gasteiger partial charge in [0.2, 0.25) is 11.8 Å². The van der Waals surface area contributed by atoms with Gasteiger partial charge in [0.05, 0.1) is 0 Å². The highest BCUT2D eigenvalue weighted by molar-refractivity contribution is 5.94. The fraction of sp³-hybridized carbons (Fsp3) is 0.526. The largest absolute Gasteiger partial charge is 0.353 e. The van der Waals surface area contributed by atoms with E-state index in [4.69, 9.17) is 0 Å². The highest BCUT2D eigenvalue weighted by atomic mass is 19.1. The summed E-state index contributed by atoms with van der Waals surface area (Å²) in [4.78, 5) is 38.4. The van der Waals surface area contributed by atoms with Crippen LogP contribution < -0.4 is 10.6 Å². The molecule has 1 saturated carbocycles. The summed E-state index contributed by atoms with van der Waals surface area (Å²) >= 11 is 0. The van der Waals surface area contributed by atoms with E-state index in [-0.39, 0.29) is 36.7 Å². The van der Waals surface area contributed by atoms with Gasteiger partial charge in [0, 0.05) is 31.1 Å². The molecule has 140 valence electrons. The van der Waals surface area contributed by atoms with Crippen LogP contribution in [0.3, 0.4) is 0 Å². The molecule has 1 saturated heterocycles. The molecule has 1 aromatic carbocycles. The van der Waals surface area contributed by atoms with Gasteiger partial charge in [-0.15, -0.1) is 0 Å². The number of halogens is 1. The highest BCUT2D eigenvalue weighted by Gasteiger charge is 2.38. The van der Waals surface area contributed by atoms with Crippen molar-refractivity contribution in [3.8, 4) is 0 Å². The Bertz CT molecular complexity index is 673. The minimum absolute atomic E-state index is 0.0957. The van der Waals surface area contributed by atoms with Crippen LogP contribution in [0.2, 0.25) is 0 Å². The van der Waals surface area contributed by atoms with E-state index in [0.717, 1.165) is 25.7 Å². The van der Waals surface area contributed by atoms with Crippen LogP contribution in [0.25, 0.3) is 0 Å². The predicted molar refractivity (Wildman–Crippen MR) is 93.8 cm³/mol.